The lowest BCUT2D eigenvalue weighted by molar-refractivity contribution is -0.0699. The van der Waals surface area contributed by atoms with E-state index in [-0.39, 0.29) is 12.2 Å². The van der Waals surface area contributed by atoms with Crippen molar-refractivity contribution in [2.75, 3.05) is 26.2 Å². The first kappa shape index (κ1) is 14.9. The second kappa shape index (κ2) is 6.80. The Labute approximate surface area is 124 Å². The zero-order chi connectivity index (χ0) is 13.8. The fraction of sp³-hybridized carbons (Fsp3) is 0.571. The maximum Gasteiger partial charge on any atom is 0.138 e. The molecule has 2 unspecified atom stereocenters. The molecule has 1 aliphatic rings. The van der Waals surface area contributed by atoms with Crippen molar-refractivity contribution in [1.82, 2.24) is 4.90 Å². The zero-order valence-electron chi connectivity index (χ0n) is 11.2. The number of rotatable bonds is 4. The van der Waals surface area contributed by atoms with Crippen molar-refractivity contribution in [2.24, 2.45) is 0 Å². The van der Waals surface area contributed by atoms with Crippen LogP contribution in [0, 0.1) is 0 Å². The van der Waals surface area contributed by atoms with Crippen LogP contribution in [-0.2, 0) is 4.74 Å². The minimum absolute atomic E-state index is 0.280. The first-order valence-electron chi connectivity index (χ1n) is 6.50. The normalized spacial score (nSPS) is 24.4. The molecule has 1 aromatic carbocycles. The molecule has 0 bridgehead atoms. The molecule has 0 spiro atoms. The lowest BCUT2D eigenvalue weighted by Crippen LogP contribution is -2.46. The van der Waals surface area contributed by atoms with Crippen LogP contribution in [0.25, 0.3) is 0 Å². The van der Waals surface area contributed by atoms with Crippen LogP contribution < -0.4 is 4.74 Å². The Morgan fingerprint density at radius 2 is 1.95 bits per heavy atom. The molecular weight excluding hydrogens is 285 g/mol. The van der Waals surface area contributed by atoms with Crippen molar-refractivity contribution >= 4 is 23.2 Å². The summed E-state index contributed by atoms with van der Waals surface area (Å²) < 4.78 is 11.4. The molecule has 1 heterocycles. The number of halogens is 2. The van der Waals surface area contributed by atoms with Crippen molar-refractivity contribution < 1.29 is 9.47 Å². The van der Waals surface area contributed by atoms with Gasteiger partial charge in [-0.3, -0.25) is 4.90 Å². The highest BCUT2D eigenvalue weighted by Crippen LogP contribution is 2.27. The lowest BCUT2D eigenvalue weighted by Gasteiger charge is -2.35. The molecular formula is C14H19Cl2NO2. The second-order valence-electron chi connectivity index (χ2n) is 4.94. The van der Waals surface area contributed by atoms with Gasteiger partial charge in [0.1, 0.15) is 12.4 Å². The van der Waals surface area contributed by atoms with Gasteiger partial charge in [0.2, 0.25) is 0 Å². The molecule has 106 valence electrons. The minimum atomic E-state index is 0.280. The topological polar surface area (TPSA) is 21.7 Å². The highest BCUT2D eigenvalue weighted by atomic mass is 35.5. The predicted molar refractivity (Wildman–Crippen MR) is 78.4 cm³/mol. The van der Waals surface area contributed by atoms with Crippen LogP contribution in [0.4, 0.5) is 0 Å². The van der Waals surface area contributed by atoms with E-state index in [1.54, 1.807) is 18.2 Å². The van der Waals surface area contributed by atoms with Crippen molar-refractivity contribution in [3.05, 3.63) is 28.2 Å². The molecule has 1 aliphatic heterocycles. The Hall–Kier alpha value is -0.480. The van der Waals surface area contributed by atoms with Crippen LogP contribution >= 0.6 is 23.2 Å². The summed E-state index contributed by atoms with van der Waals surface area (Å²) in [5, 5.41) is 1.17. The quantitative estimate of drug-likeness (QED) is 0.850. The van der Waals surface area contributed by atoms with Gasteiger partial charge in [-0.25, -0.2) is 0 Å². The van der Waals surface area contributed by atoms with E-state index in [9.17, 15) is 0 Å². The van der Waals surface area contributed by atoms with E-state index in [1.165, 1.54) is 0 Å². The van der Waals surface area contributed by atoms with Crippen LogP contribution in [0.3, 0.4) is 0 Å². The summed E-state index contributed by atoms with van der Waals surface area (Å²) in [6.07, 6.45) is 0.561. The van der Waals surface area contributed by atoms with Gasteiger partial charge in [0.25, 0.3) is 0 Å². The third kappa shape index (κ3) is 4.53. The summed E-state index contributed by atoms with van der Waals surface area (Å²) in [6.45, 7) is 7.57. The average molecular weight is 304 g/mol. The first-order valence-corrected chi connectivity index (χ1v) is 7.26. The van der Waals surface area contributed by atoms with Gasteiger partial charge in [0.15, 0.2) is 0 Å². The van der Waals surface area contributed by atoms with Crippen molar-refractivity contribution in [3.8, 4) is 5.75 Å². The first-order chi connectivity index (χ1) is 9.04. The molecule has 2 rings (SSSR count). The predicted octanol–water partition coefficient (Wildman–Crippen LogP) is 3.48. The van der Waals surface area contributed by atoms with E-state index in [1.807, 2.05) is 0 Å². The molecule has 1 fully saturated rings. The molecule has 0 aromatic heterocycles. The molecule has 2 atom stereocenters. The minimum Gasteiger partial charge on any atom is -0.491 e. The summed E-state index contributed by atoms with van der Waals surface area (Å²) in [4.78, 5) is 2.35. The number of benzene rings is 1. The monoisotopic (exact) mass is 303 g/mol. The van der Waals surface area contributed by atoms with E-state index < -0.39 is 0 Å². The Kier molecular flexibility index (Phi) is 5.34. The molecule has 19 heavy (non-hydrogen) atoms. The van der Waals surface area contributed by atoms with Crippen LogP contribution in [0.15, 0.2) is 18.2 Å². The second-order valence-corrected chi connectivity index (χ2v) is 5.78. The summed E-state index contributed by atoms with van der Waals surface area (Å²) in [6, 6.07) is 5.27. The van der Waals surface area contributed by atoms with E-state index in [0.717, 1.165) is 19.6 Å². The van der Waals surface area contributed by atoms with Gasteiger partial charge in [0, 0.05) is 24.7 Å². The summed E-state index contributed by atoms with van der Waals surface area (Å²) in [7, 11) is 0. The standard InChI is InChI=1S/C14H19Cl2NO2/c1-10-8-17(9-11(2)19-10)5-6-18-14-4-3-12(15)7-13(14)16/h3-4,7,10-11H,5-6,8-9H2,1-2H3. The average Bonchev–Trinajstić information content (AvgIpc) is 2.30. The van der Waals surface area contributed by atoms with E-state index >= 15 is 0 Å². The van der Waals surface area contributed by atoms with Gasteiger partial charge in [-0.2, -0.15) is 0 Å². The fourth-order valence-corrected chi connectivity index (χ4v) is 2.81. The van der Waals surface area contributed by atoms with Crippen molar-refractivity contribution in [2.45, 2.75) is 26.1 Å². The van der Waals surface area contributed by atoms with Crippen molar-refractivity contribution in [3.63, 3.8) is 0 Å². The zero-order valence-corrected chi connectivity index (χ0v) is 12.7. The number of morpholine rings is 1. The Morgan fingerprint density at radius 1 is 1.26 bits per heavy atom. The SMILES string of the molecule is CC1CN(CCOc2ccc(Cl)cc2Cl)CC(C)O1. The Balaban J connectivity index is 1.80. The third-order valence-electron chi connectivity index (χ3n) is 3.05. The number of hydrogen-bond acceptors (Lipinski definition) is 3. The van der Waals surface area contributed by atoms with Crippen LogP contribution in [0.2, 0.25) is 10.0 Å². The van der Waals surface area contributed by atoms with Crippen LogP contribution in [0.5, 0.6) is 5.75 Å². The van der Waals surface area contributed by atoms with E-state index in [0.29, 0.717) is 22.4 Å². The molecule has 1 saturated heterocycles. The van der Waals surface area contributed by atoms with Crippen LogP contribution in [-0.4, -0.2) is 43.3 Å². The molecule has 5 heteroatoms. The van der Waals surface area contributed by atoms with Gasteiger partial charge in [0.05, 0.1) is 17.2 Å². The number of nitrogens with zero attached hydrogens (tertiary/aromatic N) is 1. The summed E-state index contributed by atoms with van der Waals surface area (Å²) in [5.41, 5.74) is 0. The Bertz CT molecular complexity index is 418. The van der Waals surface area contributed by atoms with Gasteiger partial charge in [-0.1, -0.05) is 23.2 Å². The molecule has 3 nitrogen and oxygen atoms in total. The Morgan fingerprint density at radius 3 is 2.58 bits per heavy atom. The van der Waals surface area contributed by atoms with Crippen molar-refractivity contribution in [1.29, 1.82) is 0 Å². The molecule has 0 radical (unpaired) electrons. The van der Waals surface area contributed by atoms with Crippen LogP contribution in [0.1, 0.15) is 13.8 Å². The van der Waals surface area contributed by atoms with E-state index in [4.69, 9.17) is 32.7 Å². The molecule has 0 saturated carbocycles. The summed E-state index contributed by atoms with van der Waals surface area (Å²) >= 11 is 11.9. The van der Waals surface area contributed by atoms with Gasteiger partial charge >= 0.3 is 0 Å². The number of ether oxygens (including phenoxy) is 2. The fourth-order valence-electron chi connectivity index (χ4n) is 2.34. The highest BCUT2D eigenvalue weighted by Gasteiger charge is 2.21. The van der Waals surface area contributed by atoms with Gasteiger partial charge in [-0.15, -0.1) is 0 Å². The van der Waals surface area contributed by atoms with Gasteiger partial charge < -0.3 is 9.47 Å². The highest BCUT2D eigenvalue weighted by molar-refractivity contribution is 6.35. The molecule has 0 aliphatic carbocycles. The van der Waals surface area contributed by atoms with E-state index in [2.05, 4.69) is 18.7 Å². The molecule has 0 amide bonds. The molecule has 1 aromatic rings. The number of hydrogen-bond donors (Lipinski definition) is 0. The van der Waals surface area contributed by atoms with Gasteiger partial charge in [-0.05, 0) is 32.0 Å². The molecule has 0 N–H and O–H groups in total. The largest absolute Gasteiger partial charge is 0.491 e. The maximum absolute atomic E-state index is 6.05. The lowest BCUT2D eigenvalue weighted by atomic mass is 10.2. The smallest absolute Gasteiger partial charge is 0.138 e. The third-order valence-corrected chi connectivity index (χ3v) is 3.58. The summed E-state index contributed by atoms with van der Waals surface area (Å²) in [5.74, 6) is 0.681. The maximum atomic E-state index is 6.05.